The maximum atomic E-state index is 12.0. The Morgan fingerprint density at radius 1 is 1.39 bits per heavy atom. The van der Waals surface area contributed by atoms with E-state index in [1.54, 1.807) is 25.1 Å². The molecule has 0 heterocycles. The highest BCUT2D eigenvalue weighted by Gasteiger charge is 2.46. The van der Waals surface area contributed by atoms with E-state index in [-0.39, 0.29) is 12.2 Å². The molecule has 0 saturated heterocycles. The van der Waals surface area contributed by atoms with Gasteiger partial charge in [0.15, 0.2) is 14.0 Å². The monoisotopic (exact) mass is 310 g/mol. The van der Waals surface area contributed by atoms with Crippen molar-refractivity contribution < 1.29 is 13.5 Å². The predicted molar refractivity (Wildman–Crippen MR) is 74.7 cm³/mol. The summed E-state index contributed by atoms with van der Waals surface area (Å²) >= 11 is 12.0. The van der Waals surface area contributed by atoms with Crippen LogP contribution in [-0.4, -0.2) is 23.5 Å². The van der Waals surface area contributed by atoms with Crippen LogP contribution < -0.4 is 0 Å². The Balaban J connectivity index is 3.26. The van der Waals surface area contributed by atoms with Crippen LogP contribution >= 0.6 is 23.2 Å². The van der Waals surface area contributed by atoms with Crippen LogP contribution in [0.5, 0.6) is 0 Å². The first-order valence-electron chi connectivity index (χ1n) is 5.63. The third-order valence-corrected chi connectivity index (χ3v) is 6.67. The van der Waals surface area contributed by atoms with Gasteiger partial charge in [-0.3, -0.25) is 0 Å². The average molecular weight is 311 g/mol. The van der Waals surface area contributed by atoms with Gasteiger partial charge in [-0.2, -0.15) is 0 Å². The quantitative estimate of drug-likeness (QED) is 0.850. The molecule has 1 N–H and O–H groups in total. The Morgan fingerprint density at radius 3 is 2.44 bits per heavy atom. The van der Waals surface area contributed by atoms with Crippen LogP contribution in [0.2, 0.25) is 5.02 Å². The van der Waals surface area contributed by atoms with E-state index in [2.05, 4.69) is 0 Å². The highest BCUT2D eigenvalue weighted by Crippen LogP contribution is 2.40. The molecule has 0 bridgehead atoms. The molecule has 6 heteroatoms. The smallest absolute Gasteiger partial charge is 0.175 e. The minimum Gasteiger partial charge on any atom is -0.385 e. The lowest BCUT2D eigenvalue weighted by molar-refractivity contribution is 0.154. The van der Waals surface area contributed by atoms with Gasteiger partial charge in [-0.25, -0.2) is 8.42 Å². The summed E-state index contributed by atoms with van der Waals surface area (Å²) in [5.41, 5.74) is 0.399. The lowest BCUT2D eigenvalue weighted by Gasteiger charge is -2.30. The summed E-state index contributed by atoms with van der Waals surface area (Å²) in [4.78, 5) is 0. The van der Waals surface area contributed by atoms with E-state index in [0.717, 1.165) is 0 Å². The molecule has 2 atom stereocenters. The largest absolute Gasteiger partial charge is 0.385 e. The van der Waals surface area contributed by atoms with E-state index >= 15 is 0 Å². The van der Waals surface area contributed by atoms with Crippen molar-refractivity contribution in [1.29, 1.82) is 0 Å². The van der Waals surface area contributed by atoms with Gasteiger partial charge >= 0.3 is 0 Å². The molecule has 0 fully saturated rings. The molecule has 1 aromatic carbocycles. The van der Waals surface area contributed by atoms with Crippen molar-refractivity contribution in [1.82, 2.24) is 0 Å². The van der Waals surface area contributed by atoms with Crippen molar-refractivity contribution in [2.45, 2.75) is 30.6 Å². The summed E-state index contributed by atoms with van der Waals surface area (Å²) in [6.45, 7) is 3.14. The second-order valence-electron chi connectivity index (χ2n) is 4.00. The van der Waals surface area contributed by atoms with Crippen LogP contribution in [0, 0.1) is 0 Å². The van der Waals surface area contributed by atoms with Crippen LogP contribution in [-0.2, 0) is 9.84 Å². The number of sulfone groups is 1. The van der Waals surface area contributed by atoms with E-state index in [1.165, 1.54) is 13.0 Å². The molecule has 102 valence electrons. The highest BCUT2D eigenvalue weighted by atomic mass is 35.5. The molecule has 0 amide bonds. The van der Waals surface area contributed by atoms with Gasteiger partial charge in [0, 0.05) is 10.8 Å². The van der Waals surface area contributed by atoms with Crippen molar-refractivity contribution in [2.75, 3.05) is 5.75 Å². The summed E-state index contributed by atoms with van der Waals surface area (Å²) in [6.07, 6.45) is -1.20. The summed E-state index contributed by atoms with van der Waals surface area (Å²) in [5, 5.41) is 10.7. The first-order valence-corrected chi connectivity index (χ1v) is 8.04. The topological polar surface area (TPSA) is 54.4 Å². The van der Waals surface area contributed by atoms with Crippen LogP contribution in [0.4, 0.5) is 0 Å². The number of alkyl halides is 1. The molecule has 0 aliphatic rings. The molecule has 0 aromatic heterocycles. The zero-order valence-corrected chi connectivity index (χ0v) is 12.6. The maximum absolute atomic E-state index is 12.0. The van der Waals surface area contributed by atoms with Crippen LogP contribution in [0.3, 0.4) is 0 Å². The maximum Gasteiger partial charge on any atom is 0.175 e. The van der Waals surface area contributed by atoms with Gasteiger partial charge < -0.3 is 5.11 Å². The summed E-state index contributed by atoms with van der Waals surface area (Å²) in [7, 11) is -3.60. The van der Waals surface area contributed by atoms with E-state index < -0.39 is 20.1 Å². The number of hydrogen-bond acceptors (Lipinski definition) is 3. The normalized spacial score (nSPS) is 17.2. The van der Waals surface area contributed by atoms with Crippen molar-refractivity contribution in [3.05, 3.63) is 34.9 Å². The fraction of sp³-hybridized carbons (Fsp3) is 0.500. The second kappa shape index (κ2) is 5.78. The minimum absolute atomic E-state index is 0.110. The van der Waals surface area contributed by atoms with Crippen molar-refractivity contribution in [3.8, 4) is 0 Å². The molecule has 0 spiro atoms. The van der Waals surface area contributed by atoms with Gasteiger partial charge in [-0.05, 0) is 24.1 Å². The van der Waals surface area contributed by atoms with Gasteiger partial charge in [-0.15, -0.1) is 0 Å². The van der Waals surface area contributed by atoms with Crippen molar-refractivity contribution in [2.24, 2.45) is 0 Å². The Bertz CT molecular complexity index is 516. The average Bonchev–Trinajstić information content (AvgIpc) is 2.36. The number of halogens is 2. The fourth-order valence-corrected chi connectivity index (χ4v) is 3.80. The van der Waals surface area contributed by atoms with E-state index in [9.17, 15) is 13.5 Å². The van der Waals surface area contributed by atoms with Crippen LogP contribution in [0.1, 0.15) is 31.9 Å². The summed E-state index contributed by atoms with van der Waals surface area (Å²) < 4.78 is 22.3. The van der Waals surface area contributed by atoms with Crippen LogP contribution in [0.15, 0.2) is 24.3 Å². The number of hydrogen-bond donors (Lipinski definition) is 1. The first kappa shape index (κ1) is 15.8. The van der Waals surface area contributed by atoms with Gasteiger partial charge in [0.25, 0.3) is 0 Å². The second-order valence-corrected chi connectivity index (χ2v) is 7.87. The van der Waals surface area contributed by atoms with E-state index in [1.807, 2.05) is 0 Å². The zero-order chi connectivity index (χ0) is 14.0. The Hall–Kier alpha value is -0.290. The molecule has 1 aromatic rings. The molecule has 0 unspecified atom stereocenters. The molecule has 18 heavy (non-hydrogen) atoms. The Morgan fingerprint density at radius 2 is 2.00 bits per heavy atom. The number of aliphatic hydroxyl groups is 1. The molecule has 0 aliphatic carbocycles. The van der Waals surface area contributed by atoms with Gasteiger partial charge in [0.2, 0.25) is 0 Å². The van der Waals surface area contributed by atoms with E-state index in [4.69, 9.17) is 23.2 Å². The van der Waals surface area contributed by atoms with Crippen molar-refractivity contribution in [3.63, 3.8) is 0 Å². The predicted octanol–water partition coefficient (Wildman–Crippen LogP) is 3.15. The molecule has 0 saturated carbocycles. The molecule has 0 radical (unpaired) electrons. The number of aliphatic hydroxyl groups excluding tert-OH is 1. The molecular weight excluding hydrogens is 295 g/mol. The van der Waals surface area contributed by atoms with Gasteiger partial charge in [0.1, 0.15) is 6.10 Å². The Labute approximate surface area is 118 Å². The number of benzene rings is 1. The lowest BCUT2D eigenvalue weighted by Crippen LogP contribution is -2.39. The van der Waals surface area contributed by atoms with Gasteiger partial charge in [0.05, 0.1) is 0 Å². The van der Waals surface area contributed by atoms with Crippen molar-refractivity contribution >= 4 is 33.0 Å². The fourth-order valence-electron chi connectivity index (χ4n) is 1.75. The standard InChI is InChI=1S/C12H16Cl2O3S/c1-3-12(14,18(16,17)4-2)11(15)9-6-5-7-10(13)8-9/h5-8,11,15H,3-4H2,1-2H3/t11-,12+/m0/s1. The molecule has 0 aliphatic heterocycles. The summed E-state index contributed by atoms with van der Waals surface area (Å²) in [5.74, 6) is -0.123. The lowest BCUT2D eigenvalue weighted by atomic mass is 10.0. The number of rotatable bonds is 5. The SMILES string of the molecule is CC[C@](Cl)([C@@H](O)c1cccc(Cl)c1)S(=O)(=O)CC. The summed E-state index contributed by atoms with van der Waals surface area (Å²) in [6, 6.07) is 6.42. The van der Waals surface area contributed by atoms with Gasteiger partial charge in [-0.1, -0.05) is 49.2 Å². The van der Waals surface area contributed by atoms with E-state index in [0.29, 0.717) is 10.6 Å². The first-order chi connectivity index (χ1) is 8.28. The highest BCUT2D eigenvalue weighted by molar-refractivity contribution is 7.94. The minimum atomic E-state index is -3.60. The molecule has 3 nitrogen and oxygen atoms in total. The van der Waals surface area contributed by atoms with Crippen LogP contribution in [0.25, 0.3) is 0 Å². The third kappa shape index (κ3) is 2.82. The third-order valence-electron chi connectivity index (χ3n) is 2.95. The zero-order valence-electron chi connectivity index (χ0n) is 10.2. The molecular formula is C12H16Cl2O3S. The Kier molecular flexibility index (Phi) is 5.06. The molecule has 1 rings (SSSR count).